The average Bonchev–Trinajstić information content (AvgIpc) is 2.91. The average molecular weight is 391 g/mol. The molecule has 3 nitrogen and oxygen atoms in total. The summed E-state index contributed by atoms with van der Waals surface area (Å²) in [5, 5.41) is 0. The van der Waals surface area contributed by atoms with Crippen LogP contribution in [0.3, 0.4) is 0 Å². The third-order valence-corrected chi connectivity index (χ3v) is 4.03. The minimum absolute atomic E-state index is 0.112. The second-order valence-electron chi connectivity index (χ2n) is 5.52. The Labute approximate surface area is 141 Å². The van der Waals surface area contributed by atoms with Gasteiger partial charge in [0.15, 0.2) is 5.69 Å². The molecule has 0 saturated carbocycles. The minimum Gasteiger partial charge on any atom is -0.496 e. The molecule has 0 saturated heterocycles. The first-order valence-electron chi connectivity index (χ1n) is 7.13. The molecule has 0 radical (unpaired) electrons. The lowest BCUT2D eigenvalue weighted by Gasteiger charge is -2.15. The van der Waals surface area contributed by atoms with Gasteiger partial charge in [-0.3, -0.25) is 0 Å². The van der Waals surface area contributed by atoms with E-state index in [2.05, 4.69) is 20.9 Å². The molecule has 2 rings (SSSR count). The van der Waals surface area contributed by atoms with Gasteiger partial charge in [-0.2, -0.15) is 13.2 Å². The predicted molar refractivity (Wildman–Crippen MR) is 86.9 cm³/mol. The van der Waals surface area contributed by atoms with Gasteiger partial charge in [0.1, 0.15) is 11.6 Å². The van der Waals surface area contributed by atoms with E-state index in [0.717, 1.165) is 11.8 Å². The highest BCUT2D eigenvalue weighted by atomic mass is 79.9. The molecule has 0 aliphatic rings. The van der Waals surface area contributed by atoms with Crippen molar-refractivity contribution in [3.63, 3.8) is 0 Å². The van der Waals surface area contributed by atoms with Gasteiger partial charge >= 0.3 is 6.18 Å². The number of methoxy groups -OCH3 is 1. The van der Waals surface area contributed by atoms with Crippen LogP contribution in [0.4, 0.5) is 13.2 Å². The van der Waals surface area contributed by atoms with Gasteiger partial charge in [-0.05, 0) is 38.5 Å². The number of ether oxygens (including phenoxy) is 1. The Bertz CT molecular complexity index is 693. The van der Waals surface area contributed by atoms with Crippen LogP contribution in [0, 0.1) is 0 Å². The Balaban J connectivity index is 2.63. The number of nitrogens with zero attached hydrogens (tertiary/aromatic N) is 2. The molecule has 1 heterocycles. The fourth-order valence-electron chi connectivity index (χ4n) is 2.26. The monoisotopic (exact) mass is 390 g/mol. The van der Waals surface area contributed by atoms with Gasteiger partial charge in [-0.15, -0.1) is 0 Å². The van der Waals surface area contributed by atoms with E-state index < -0.39 is 11.9 Å². The summed E-state index contributed by atoms with van der Waals surface area (Å²) in [6.07, 6.45) is -3.44. The van der Waals surface area contributed by atoms with Crippen LogP contribution in [-0.2, 0) is 6.18 Å². The molecule has 23 heavy (non-hydrogen) atoms. The summed E-state index contributed by atoms with van der Waals surface area (Å²) in [5.41, 5.74) is 0.610. The zero-order valence-corrected chi connectivity index (χ0v) is 14.9. The Morgan fingerprint density at radius 2 is 1.87 bits per heavy atom. The largest absolute Gasteiger partial charge is 0.496 e. The molecule has 126 valence electrons. The molecule has 7 heteroatoms. The van der Waals surface area contributed by atoms with E-state index in [0.29, 0.717) is 11.3 Å². The van der Waals surface area contributed by atoms with Gasteiger partial charge in [0.2, 0.25) is 0 Å². The number of imidazole rings is 1. The summed E-state index contributed by atoms with van der Waals surface area (Å²) >= 11 is 3.47. The summed E-state index contributed by atoms with van der Waals surface area (Å²) in [6, 6.07) is 5.24. The van der Waals surface area contributed by atoms with Crippen molar-refractivity contribution in [2.24, 2.45) is 0 Å². The van der Waals surface area contributed by atoms with Crippen LogP contribution in [0.2, 0.25) is 0 Å². The van der Waals surface area contributed by atoms with Crippen molar-refractivity contribution in [3.8, 4) is 17.1 Å². The first-order valence-corrected chi connectivity index (χ1v) is 8.05. The lowest BCUT2D eigenvalue weighted by molar-refractivity contribution is -0.140. The van der Waals surface area contributed by atoms with Gasteiger partial charge < -0.3 is 9.30 Å². The minimum atomic E-state index is -4.48. The van der Waals surface area contributed by atoms with Crippen LogP contribution in [0.25, 0.3) is 11.4 Å². The fraction of sp³-hybridized carbons (Fsp3) is 0.438. The number of aromatic nitrogens is 2. The molecular formula is C16H18BrF3N2O. The van der Waals surface area contributed by atoms with E-state index in [9.17, 15) is 13.2 Å². The number of hydrogen-bond donors (Lipinski definition) is 0. The summed E-state index contributed by atoms with van der Waals surface area (Å²) in [4.78, 5) is 3.91. The summed E-state index contributed by atoms with van der Waals surface area (Å²) in [7, 11) is 1.49. The maximum atomic E-state index is 13.0. The van der Waals surface area contributed by atoms with Gasteiger partial charge in [-0.1, -0.05) is 22.0 Å². The highest BCUT2D eigenvalue weighted by molar-refractivity contribution is 9.09. The molecule has 0 fully saturated rings. The summed E-state index contributed by atoms with van der Waals surface area (Å²) < 4.78 is 45.9. The zero-order chi connectivity index (χ0) is 17.4. The van der Waals surface area contributed by atoms with Crippen LogP contribution in [0.5, 0.6) is 5.75 Å². The molecule has 1 aromatic heterocycles. The first-order chi connectivity index (χ1) is 10.6. The fourth-order valence-corrected chi connectivity index (χ4v) is 2.55. The predicted octanol–water partition coefficient (Wildman–Crippen LogP) is 5.61. The highest BCUT2D eigenvalue weighted by Crippen LogP contribution is 2.37. The Morgan fingerprint density at radius 1 is 1.22 bits per heavy atom. The highest BCUT2D eigenvalue weighted by Gasteiger charge is 2.35. The third kappa shape index (κ3) is 3.71. The lowest BCUT2D eigenvalue weighted by Crippen LogP contribution is -2.05. The number of hydrogen-bond acceptors (Lipinski definition) is 2. The molecule has 0 aliphatic carbocycles. The van der Waals surface area contributed by atoms with E-state index in [1.807, 2.05) is 26.8 Å². The summed E-state index contributed by atoms with van der Waals surface area (Å²) in [6.45, 7) is 5.59. The second-order valence-corrected chi connectivity index (χ2v) is 6.90. The molecule has 1 atom stereocenters. The van der Waals surface area contributed by atoms with E-state index in [4.69, 9.17) is 4.74 Å². The van der Waals surface area contributed by atoms with Crippen molar-refractivity contribution in [1.82, 2.24) is 9.55 Å². The molecular weight excluding hydrogens is 373 g/mol. The zero-order valence-electron chi connectivity index (χ0n) is 13.3. The Hall–Kier alpha value is -1.50. The van der Waals surface area contributed by atoms with Crippen LogP contribution in [0.15, 0.2) is 24.4 Å². The molecule has 0 bridgehead atoms. The van der Waals surface area contributed by atoms with E-state index in [-0.39, 0.29) is 16.7 Å². The number of alkyl halides is 4. The Morgan fingerprint density at radius 3 is 2.35 bits per heavy atom. The standard InChI is InChI=1S/C16H18BrF3N2O/c1-9(2)22-8-14(16(18,19)20)21-15(22)12-6-5-11(10(3)17)7-13(12)23-4/h5-10H,1-4H3. The molecule has 0 aliphatic heterocycles. The molecule has 0 amide bonds. The van der Waals surface area contributed by atoms with E-state index in [1.54, 1.807) is 12.1 Å². The molecule has 2 aromatic rings. The molecule has 0 spiro atoms. The maximum absolute atomic E-state index is 13.0. The van der Waals surface area contributed by atoms with Crippen molar-refractivity contribution in [3.05, 3.63) is 35.7 Å². The van der Waals surface area contributed by atoms with E-state index in [1.165, 1.54) is 11.7 Å². The number of halogens is 4. The Kier molecular flexibility index (Phi) is 5.08. The topological polar surface area (TPSA) is 27.1 Å². The van der Waals surface area contributed by atoms with Crippen molar-refractivity contribution < 1.29 is 17.9 Å². The van der Waals surface area contributed by atoms with Crippen molar-refractivity contribution in [2.75, 3.05) is 7.11 Å². The van der Waals surface area contributed by atoms with Crippen LogP contribution in [-0.4, -0.2) is 16.7 Å². The van der Waals surface area contributed by atoms with Crippen LogP contribution in [0.1, 0.15) is 42.9 Å². The number of rotatable bonds is 4. The maximum Gasteiger partial charge on any atom is 0.434 e. The summed E-state index contributed by atoms with van der Waals surface area (Å²) in [5.74, 6) is 0.743. The molecule has 1 unspecified atom stereocenters. The third-order valence-electron chi connectivity index (χ3n) is 3.50. The smallest absolute Gasteiger partial charge is 0.434 e. The van der Waals surface area contributed by atoms with Crippen molar-refractivity contribution in [1.29, 1.82) is 0 Å². The SMILES string of the molecule is COc1cc(C(C)Br)ccc1-c1nc(C(F)(F)F)cn1C(C)C. The second kappa shape index (κ2) is 6.55. The first kappa shape index (κ1) is 17.8. The lowest BCUT2D eigenvalue weighted by atomic mass is 10.1. The van der Waals surface area contributed by atoms with Crippen molar-refractivity contribution in [2.45, 2.75) is 37.8 Å². The normalized spacial score (nSPS) is 13.4. The van der Waals surface area contributed by atoms with Crippen molar-refractivity contribution >= 4 is 15.9 Å². The van der Waals surface area contributed by atoms with Crippen LogP contribution >= 0.6 is 15.9 Å². The van der Waals surface area contributed by atoms with Gasteiger partial charge in [0, 0.05) is 17.1 Å². The van der Waals surface area contributed by atoms with E-state index >= 15 is 0 Å². The number of benzene rings is 1. The van der Waals surface area contributed by atoms with Gasteiger partial charge in [0.05, 0.1) is 12.7 Å². The van der Waals surface area contributed by atoms with Gasteiger partial charge in [-0.25, -0.2) is 4.98 Å². The van der Waals surface area contributed by atoms with Gasteiger partial charge in [0.25, 0.3) is 0 Å². The molecule has 0 N–H and O–H groups in total. The quantitative estimate of drug-likeness (QED) is 0.633. The van der Waals surface area contributed by atoms with Crippen LogP contribution < -0.4 is 4.74 Å². The molecule has 1 aromatic carbocycles.